The molecule has 0 aliphatic rings. The SMILES string of the molecule is Cc1cccc(C(=O)NC(C)C(=O)Nc2ncc(Cc3ccc(C#N)cc3)s2)c1. The van der Waals surface area contributed by atoms with Gasteiger partial charge in [0.25, 0.3) is 5.91 Å². The van der Waals surface area contributed by atoms with E-state index in [1.54, 1.807) is 43.5 Å². The van der Waals surface area contributed by atoms with Gasteiger partial charge in [-0.2, -0.15) is 5.26 Å². The monoisotopic (exact) mass is 404 g/mol. The predicted octanol–water partition coefficient (Wildman–Crippen LogP) is 3.67. The first-order chi connectivity index (χ1) is 13.9. The first-order valence-corrected chi connectivity index (χ1v) is 9.88. The van der Waals surface area contributed by atoms with Gasteiger partial charge in [0.1, 0.15) is 6.04 Å². The molecular weight excluding hydrogens is 384 g/mol. The molecule has 0 saturated heterocycles. The fraction of sp³-hybridized carbons (Fsp3) is 0.182. The van der Waals surface area contributed by atoms with Crippen LogP contribution in [0, 0.1) is 18.3 Å². The average Bonchev–Trinajstić information content (AvgIpc) is 3.15. The van der Waals surface area contributed by atoms with Crippen LogP contribution in [0.25, 0.3) is 0 Å². The molecule has 29 heavy (non-hydrogen) atoms. The van der Waals surface area contributed by atoms with E-state index >= 15 is 0 Å². The third-order valence-corrected chi connectivity index (χ3v) is 5.18. The molecule has 0 aliphatic heterocycles. The minimum atomic E-state index is -0.700. The van der Waals surface area contributed by atoms with E-state index in [1.807, 2.05) is 25.1 Å². The molecule has 146 valence electrons. The molecule has 2 amide bonds. The van der Waals surface area contributed by atoms with Crippen LogP contribution < -0.4 is 10.6 Å². The number of hydrogen-bond donors (Lipinski definition) is 2. The minimum absolute atomic E-state index is 0.294. The number of aromatic nitrogens is 1. The molecule has 2 aromatic carbocycles. The number of nitrogens with one attached hydrogen (secondary N) is 2. The molecule has 2 N–H and O–H groups in total. The normalized spacial score (nSPS) is 11.3. The number of benzene rings is 2. The summed E-state index contributed by atoms with van der Waals surface area (Å²) in [5.41, 5.74) is 3.17. The van der Waals surface area contributed by atoms with Gasteiger partial charge < -0.3 is 10.6 Å². The average molecular weight is 404 g/mol. The quantitative estimate of drug-likeness (QED) is 0.655. The standard InChI is InChI=1S/C22H20N4O2S/c1-14-4-3-5-18(10-14)21(28)25-15(2)20(27)26-22-24-13-19(29-22)11-16-6-8-17(12-23)9-7-16/h3-10,13,15H,11H2,1-2H3,(H,25,28)(H,24,26,27). The van der Waals surface area contributed by atoms with Gasteiger partial charge in [0.2, 0.25) is 5.91 Å². The maximum atomic E-state index is 12.4. The molecule has 0 aliphatic carbocycles. The number of carbonyl (C=O) groups excluding carboxylic acids is 2. The van der Waals surface area contributed by atoms with Crippen LogP contribution in [-0.2, 0) is 11.2 Å². The highest BCUT2D eigenvalue weighted by molar-refractivity contribution is 7.15. The minimum Gasteiger partial charge on any atom is -0.341 e. The van der Waals surface area contributed by atoms with Crippen molar-refractivity contribution in [2.45, 2.75) is 26.3 Å². The summed E-state index contributed by atoms with van der Waals surface area (Å²) in [6.45, 7) is 3.54. The summed E-state index contributed by atoms with van der Waals surface area (Å²) in [7, 11) is 0. The summed E-state index contributed by atoms with van der Waals surface area (Å²) in [4.78, 5) is 29.9. The summed E-state index contributed by atoms with van der Waals surface area (Å²) < 4.78 is 0. The number of nitriles is 1. The molecular formula is C22H20N4O2S. The molecule has 1 unspecified atom stereocenters. The fourth-order valence-electron chi connectivity index (χ4n) is 2.69. The fourth-order valence-corrected chi connectivity index (χ4v) is 3.54. The Morgan fingerprint density at radius 2 is 1.97 bits per heavy atom. The zero-order chi connectivity index (χ0) is 20.8. The van der Waals surface area contributed by atoms with Gasteiger partial charge in [0.15, 0.2) is 5.13 Å². The van der Waals surface area contributed by atoms with E-state index in [9.17, 15) is 9.59 Å². The second-order valence-corrected chi connectivity index (χ2v) is 7.79. The van der Waals surface area contributed by atoms with Crippen molar-refractivity contribution in [2.24, 2.45) is 0 Å². The summed E-state index contributed by atoms with van der Waals surface area (Å²) >= 11 is 1.38. The zero-order valence-electron chi connectivity index (χ0n) is 16.1. The molecule has 1 aromatic heterocycles. The van der Waals surface area contributed by atoms with Crippen molar-refractivity contribution in [3.05, 3.63) is 81.9 Å². The lowest BCUT2D eigenvalue weighted by Crippen LogP contribution is -2.41. The number of thiazole rings is 1. The van der Waals surface area contributed by atoms with Gasteiger partial charge in [-0.25, -0.2) is 4.98 Å². The van der Waals surface area contributed by atoms with E-state index < -0.39 is 6.04 Å². The number of anilines is 1. The lowest BCUT2D eigenvalue weighted by molar-refractivity contribution is -0.117. The van der Waals surface area contributed by atoms with E-state index in [0.717, 1.165) is 16.0 Å². The second-order valence-electron chi connectivity index (χ2n) is 6.67. The molecule has 3 rings (SSSR count). The Morgan fingerprint density at radius 3 is 2.66 bits per heavy atom. The highest BCUT2D eigenvalue weighted by Crippen LogP contribution is 2.21. The zero-order valence-corrected chi connectivity index (χ0v) is 16.9. The Labute approximate surface area is 173 Å². The Morgan fingerprint density at radius 1 is 1.21 bits per heavy atom. The van der Waals surface area contributed by atoms with Gasteiger partial charge in [0.05, 0.1) is 11.6 Å². The molecule has 1 heterocycles. The van der Waals surface area contributed by atoms with Gasteiger partial charge in [-0.05, 0) is 43.7 Å². The lowest BCUT2D eigenvalue weighted by Gasteiger charge is -2.13. The van der Waals surface area contributed by atoms with E-state index in [4.69, 9.17) is 5.26 Å². The topological polar surface area (TPSA) is 94.9 Å². The van der Waals surface area contributed by atoms with Crippen molar-refractivity contribution in [3.8, 4) is 6.07 Å². The van der Waals surface area contributed by atoms with Crippen LogP contribution in [0.3, 0.4) is 0 Å². The molecule has 7 heteroatoms. The van der Waals surface area contributed by atoms with Gasteiger partial charge in [-0.1, -0.05) is 29.8 Å². The van der Waals surface area contributed by atoms with Gasteiger partial charge in [-0.3, -0.25) is 9.59 Å². The molecule has 0 radical (unpaired) electrons. The van der Waals surface area contributed by atoms with Gasteiger partial charge in [-0.15, -0.1) is 11.3 Å². The Balaban J connectivity index is 1.56. The van der Waals surface area contributed by atoms with Crippen LogP contribution in [0.4, 0.5) is 5.13 Å². The van der Waals surface area contributed by atoms with Crippen molar-refractivity contribution in [1.82, 2.24) is 10.3 Å². The summed E-state index contributed by atoms with van der Waals surface area (Å²) in [5.74, 6) is -0.623. The second kappa shape index (κ2) is 9.13. The van der Waals surface area contributed by atoms with Crippen LogP contribution in [0.5, 0.6) is 0 Å². The summed E-state index contributed by atoms with van der Waals surface area (Å²) in [6.07, 6.45) is 2.38. The number of carbonyl (C=O) groups is 2. The largest absolute Gasteiger partial charge is 0.341 e. The lowest BCUT2D eigenvalue weighted by atomic mass is 10.1. The summed E-state index contributed by atoms with van der Waals surface area (Å²) in [5, 5.41) is 14.8. The number of nitrogens with zero attached hydrogens (tertiary/aromatic N) is 2. The van der Waals surface area contributed by atoms with Crippen molar-refractivity contribution >= 4 is 28.3 Å². The molecule has 0 spiro atoms. The number of amides is 2. The van der Waals surface area contributed by atoms with Crippen molar-refractivity contribution < 1.29 is 9.59 Å². The Kier molecular flexibility index (Phi) is 6.37. The summed E-state index contributed by atoms with van der Waals surface area (Å²) in [6, 6.07) is 15.9. The van der Waals surface area contributed by atoms with Crippen molar-refractivity contribution in [2.75, 3.05) is 5.32 Å². The van der Waals surface area contributed by atoms with Gasteiger partial charge in [0, 0.05) is 23.1 Å². The smallest absolute Gasteiger partial charge is 0.251 e. The van der Waals surface area contributed by atoms with E-state index in [0.29, 0.717) is 22.7 Å². The van der Waals surface area contributed by atoms with E-state index in [2.05, 4.69) is 21.7 Å². The third kappa shape index (κ3) is 5.50. The van der Waals surface area contributed by atoms with Crippen LogP contribution >= 0.6 is 11.3 Å². The Bertz CT molecular complexity index is 1070. The molecule has 3 aromatic rings. The number of hydrogen-bond acceptors (Lipinski definition) is 5. The van der Waals surface area contributed by atoms with E-state index in [-0.39, 0.29) is 11.8 Å². The maximum absolute atomic E-state index is 12.4. The van der Waals surface area contributed by atoms with Crippen molar-refractivity contribution in [1.29, 1.82) is 5.26 Å². The third-order valence-electron chi connectivity index (χ3n) is 4.27. The van der Waals surface area contributed by atoms with E-state index in [1.165, 1.54) is 11.3 Å². The molecule has 0 bridgehead atoms. The van der Waals surface area contributed by atoms with Crippen LogP contribution in [0.1, 0.15) is 38.8 Å². The Hall–Kier alpha value is -3.50. The molecule has 1 atom stereocenters. The predicted molar refractivity (Wildman–Crippen MR) is 113 cm³/mol. The van der Waals surface area contributed by atoms with Crippen LogP contribution in [0.15, 0.2) is 54.7 Å². The number of aryl methyl sites for hydroxylation is 1. The van der Waals surface area contributed by atoms with Gasteiger partial charge >= 0.3 is 0 Å². The molecule has 0 saturated carbocycles. The highest BCUT2D eigenvalue weighted by atomic mass is 32.1. The van der Waals surface area contributed by atoms with Crippen LogP contribution in [0.2, 0.25) is 0 Å². The molecule has 0 fully saturated rings. The van der Waals surface area contributed by atoms with Crippen LogP contribution in [-0.4, -0.2) is 22.8 Å². The highest BCUT2D eigenvalue weighted by Gasteiger charge is 2.18. The molecule has 6 nitrogen and oxygen atoms in total. The first kappa shape index (κ1) is 20.2. The first-order valence-electron chi connectivity index (χ1n) is 9.07. The maximum Gasteiger partial charge on any atom is 0.251 e. The number of rotatable bonds is 6. The van der Waals surface area contributed by atoms with Crippen molar-refractivity contribution in [3.63, 3.8) is 0 Å².